The molecule has 1 aliphatic heterocycles. The van der Waals surface area contributed by atoms with Crippen molar-refractivity contribution in [2.24, 2.45) is 11.7 Å². The zero-order chi connectivity index (χ0) is 24.2. The number of unbranched alkanes of at least 4 members (excludes halogenated alkanes) is 1. The zero-order valence-corrected chi connectivity index (χ0v) is 20.5. The highest BCUT2D eigenvalue weighted by atomic mass is 16.3. The number of aromatic nitrogens is 2. The first-order valence-corrected chi connectivity index (χ1v) is 13.1. The highest BCUT2D eigenvalue weighted by Gasteiger charge is 2.33. The number of aliphatic hydroxyl groups is 1. The number of nitrogens with two attached hydrogens (primary N) is 1. The first-order valence-electron chi connectivity index (χ1n) is 13.1. The van der Waals surface area contributed by atoms with Gasteiger partial charge in [0.25, 0.3) is 0 Å². The van der Waals surface area contributed by atoms with E-state index < -0.39 is 0 Å². The van der Waals surface area contributed by atoms with E-state index in [1.54, 1.807) is 0 Å². The van der Waals surface area contributed by atoms with Gasteiger partial charge in [-0.15, -0.1) is 0 Å². The number of rotatable bonds is 9. The molecule has 1 fully saturated rings. The highest BCUT2D eigenvalue weighted by molar-refractivity contribution is 5.94. The standard InChI is InChI=1S/C28H37N5O2/c29-17-22-12-13-26-24(16-22)30-27(32(26)14-6-7-15-34)20-33-25-11-5-4-10-23(25)19-31(28(33)35)18-21-8-2-1-3-9-21/h4-5,10-13,16,21,34H,1-3,6-9,14-15,17-20,29H2. The molecule has 2 heterocycles. The van der Waals surface area contributed by atoms with Crippen LogP contribution in [0.15, 0.2) is 42.5 Å². The number of para-hydroxylation sites is 1. The van der Waals surface area contributed by atoms with E-state index in [-0.39, 0.29) is 12.6 Å². The third-order valence-electron chi connectivity index (χ3n) is 7.57. The lowest BCUT2D eigenvalue weighted by Gasteiger charge is -2.39. The molecule has 3 N–H and O–H groups in total. The number of anilines is 1. The second-order valence-corrected chi connectivity index (χ2v) is 10.0. The van der Waals surface area contributed by atoms with Crippen LogP contribution in [0.3, 0.4) is 0 Å². The van der Waals surface area contributed by atoms with Crippen molar-refractivity contribution < 1.29 is 9.90 Å². The summed E-state index contributed by atoms with van der Waals surface area (Å²) in [6.45, 7) is 3.32. The minimum absolute atomic E-state index is 0.0749. The Morgan fingerprint density at radius 1 is 1.06 bits per heavy atom. The number of hydrogen-bond donors (Lipinski definition) is 2. The molecule has 1 aliphatic carbocycles. The third kappa shape index (κ3) is 5.07. The summed E-state index contributed by atoms with van der Waals surface area (Å²) in [6, 6.07) is 14.5. The Bertz CT molecular complexity index is 1170. The molecule has 186 valence electrons. The van der Waals surface area contributed by atoms with Gasteiger partial charge >= 0.3 is 6.03 Å². The monoisotopic (exact) mass is 475 g/mol. The summed E-state index contributed by atoms with van der Waals surface area (Å²) in [7, 11) is 0. The molecular weight excluding hydrogens is 438 g/mol. The van der Waals surface area contributed by atoms with Crippen LogP contribution in [0.1, 0.15) is 61.9 Å². The topological polar surface area (TPSA) is 87.6 Å². The van der Waals surface area contributed by atoms with Crippen LogP contribution in [0.25, 0.3) is 11.0 Å². The van der Waals surface area contributed by atoms with Gasteiger partial charge in [-0.2, -0.15) is 0 Å². The summed E-state index contributed by atoms with van der Waals surface area (Å²) in [5, 5.41) is 9.32. The van der Waals surface area contributed by atoms with E-state index in [2.05, 4.69) is 28.8 Å². The number of aryl methyl sites for hydroxylation is 1. The normalized spacial score (nSPS) is 16.8. The molecule has 2 amide bonds. The van der Waals surface area contributed by atoms with E-state index in [0.717, 1.165) is 54.0 Å². The number of amides is 2. The number of fused-ring (bicyclic) bond motifs is 2. The Labute approximate surface area is 207 Å². The molecular formula is C28H37N5O2. The summed E-state index contributed by atoms with van der Waals surface area (Å²) in [5.41, 5.74) is 11.0. The molecule has 0 spiro atoms. The predicted octanol–water partition coefficient (Wildman–Crippen LogP) is 4.79. The lowest BCUT2D eigenvalue weighted by molar-refractivity contribution is 0.176. The molecule has 7 heteroatoms. The van der Waals surface area contributed by atoms with Gasteiger partial charge in [0, 0.05) is 32.8 Å². The lowest BCUT2D eigenvalue weighted by Crippen LogP contribution is -2.48. The Balaban J connectivity index is 1.47. The minimum atomic E-state index is 0.0749. The molecule has 7 nitrogen and oxygen atoms in total. The van der Waals surface area contributed by atoms with Crippen molar-refractivity contribution in [3.8, 4) is 0 Å². The number of urea groups is 1. The smallest absolute Gasteiger partial charge is 0.325 e. The number of aliphatic hydroxyl groups excluding tert-OH is 1. The van der Waals surface area contributed by atoms with Crippen molar-refractivity contribution in [2.45, 2.75) is 71.1 Å². The van der Waals surface area contributed by atoms with Gasteiger partial charge in [-0.25, -0.2) is 9.78 Å². The average Bonchev–Trinajstić information content (AvgIpc) is 3.23. The molecule has 0 atom stereocenters. The first kappa shape index (κ1) is 23.8. The summed E-state index contributed by atoms with van der Waals surface area (Å²) in [6.07, 6.45) is 7.89. The van der Waals surface area contributed by atoms with E-state index in [4.69, 9.17) is 10.7 Å². The number of hydrogen-bond acceptors (Lipinski definition) is 4. The van der Waals surface area contributed by atoms with Gasteiger partial charge in [-0.1, -0.05) is 43.5 Å². The second-order valence-electron chi connectivity index (χ2n) is 10.0. The Morgan fingerprint density at radius 3 is 2.69 bits per heavy atom. The molecule has 0 saturated heterocycles. The minimum Gasteiger partial charge on any atom is -0.396 e. The Kier molecular flexibility index (Phi) is 7.35. The number of carbonyl (C=O) groups is 1. The second kappa shape index (κ2) is 10.8. The van der Waals surface area contributed by atoms with Crippen LogP contribution >= 0.6 is 0 Å². The largest absolute Gasteiger partial charge is 0.396 e. The van der Waals surface area contributed by atoms with Gasteiger partial charge in [0.05, 0.1) is 23.3 Å². The maximum absolute atomic E-state index is 13.8. The van der Waals surface area contributed by atoms with E-state index in [1.165, 1.54) is 37.7 Å². The maximum atomic E-state index is 13.8. The predicted molar refractivity (Wildman–Crippen MR) is 139 cm³/mol. The molecule has 5 rings (SSSR count). The SMILES string of the molecule is NCc1ccc2c(c1)nc(CN1C(=O)N(CC3CCCCC3)Cc3ccccc31)n2CCCCO. The van der Waals surface area contributed by atoms with Crippen molar-refractivity contribution in [2.75, 3.05) is 18.1 Å². The van der Waals surface area contributed by atoms with Crippen molar-refractivity contribution in [3.05, 3.63) is 59.4 Å². The van der Waals surface area contributed by atoms with Crippen molar-refractivity contribution in [1.82, 2.24) is 14.5 Å². The quantitative estimate of drug-likeness (QED) is 0.436. The molecule has 3 aromatic rings. The third-order valence-corrected chi connectivity index (χ3v) is 7.57. The van der Waals surface area contributed by atoms with Crippen LogP contribution in [0.5, 0.6) is 0 Å². The fourth-order valence-corrected chi connectivity index (χ4v) is 5.68. The summed E-state index contributed by atoms with van der Waals surface area (Å²) in [5.74, 6) is 1.47. The molecule has 2 aliphatic rings. The number of nitrogens with zero attached hydrogens (tertiary/aromatic N) is 4. The van der Waals surface area contributed by atoms with Gasteiger partial charge < -0.3 is 20.3 Å². The van der Waals surface area contributed by atoms with Crippen LogP contribution < -0.4 is 10.6 Å². The molecule has 0 bridgehead atoms. The van der Waals surface area contributed by atoms with E-state index in [0.29, 0.717) is 25.6 Å². The van der Waals surface area contributed by atoms with E-state index in [9.17, 15) is 9.90 Å². The maximum Gasteiger partial charge on any atom is 0.325 e. The van der Waals surface area contributed by atoms with Crippen LogP contribution in [-0.2, 0) is 26.2 Å². The molecule has 0 unspecified atom stereocenters. The van der Waals surface area contributed by atoms with Gasteiger partial charge in [0.1, 0.15) is 5.82 Å². The van der Waals surface area contributed by atoms with Crippen LogP contribution in [0.2, 0.25) is 0 Å². The van der Waals surface area contributed by atoms with Gasteiger partial charge in [-0.3, -0.25) is 4.90 Å². The van der Waals surface area contributed by atoms with Crippen LogP contribution in [0, 0.1) is 5.92 Å². The van der Waals surface area contributed by atoms with E-state index >= 15 is 0 Å². The first-order chi connectivity index (χ1) is 17.2. The molecule has 35 heavy (non-hydrogen) atoms. The van der Waals surface area contributed by atoms with Crippen molar-refractivity contribution in [1.29, 1.82) is 0 Å². The zero-order valence-electron chi connectivity index (χ0n) is 20.5. The number of carbonyl (C=O) groups excluding carboxylic acids is 1. The average molecular weight is 476 g/mol. The van der Waals surface area contributed by atoms with Crippen LogP contribution in [0.4, 0.5) is 10.5 Å². The van der Waals surface area contributed by atoms with Crippen molar-refractivity contribution in [3.63, 3.8) is 0 Å². The van der Waals surface area contributed by atoms with Crippen molar-refractivity contribution >= 4 is 22.8 Å². The highest BCUT2D eigenvalue weighted by Crippen LogP contribution is 2.33. The molecule has 0 radical (unpaired) electrons. The molecule has 2 aromatic carbocycles. The summed E-state index contributed by atoms with van der Waals surface area (Å²) in [4.78, 5) is 22.8. The van der Waals surface area contributed by atoms with Gasteiger partial charge in [0.2, 0.25) is 0 Å². The summed E-state index contributed by atoms with van der Waals surface area (Å²) >= 11 is 0. The number of imidazole rings is 1. The van der Waals surface area contributed by atoms with E-state index in [1.807, 2.05) is 28.0 Å². The lowest BCUT2D eigenvalue weighted by atomic mass is 9.88. The molecule has 1 saturated carbocycles. The van der Waals surface area contributed by atoms with Gasteiger partial charge in [-0.05, 0) is 60.9 Å². The number of benzene rings is 2. The van der Waals surface area contributed by atoms with Gasteiger partial charge in [0.15, 0.2) is 0 Å². The molecule has 1 aromatic heterocycles. The summed E-state index contributed by atoms with van der Waals surface area (Å²) < 4.78 is 2.21. The fourth-order valence-electron chi connectivity index (χ4n) is 5.68. The van der Waals surface area contributed by atoms with Crippen LogP contribution in [-0.4, -0.2) is 38.7 Å². The Morgan fingerprint density at radius 2 is 1.89 bits per heavy atom. The fraction of sp³-hybridized carbons (Fsp3) is 0.500. The Hall–Kier alpha value is -2.90.